The first-order chi connectivity index (χ1) is 9.20. The normalized spacial score (nSPS) is 11.1. The van der Waals surface area contributed by atoms with Gasteiger partial charge < -0.3 is 4.42 Å². The molecule has 0 aliphatic rings. The minimum Gasteiger partial charge on any atom is -0.398 e. The van der Waals surface area contributed by atoms with Crippen LogP contribution < -0.4 is 4.57 Å². The van der Waals surface area contributed by atoms with Crippen LogP contribution in [0.15, 0.2) is 46.9 Å². The van der Waals surface area contributed by atoms with Crippen molar-refractivity contribution in [2.75, 3.05) is 0 Å². The number of aromatic nitrogens is 1. The van der Waals surface area contributed by atoms with Gasteiger partial charge in [-0.1, -0.05) is 31.2 Å². The third-order valence-electron chi connectivity index (χ3n) is 3.68. The van der Waals surface area contributed by atoms with Crippen molar-refractivity contribution in [2.45, 2.75) is 20.3 Å². The molecule has 2 nitrogen and oxygen atoms in total. The summed E-state index contributed by atoms with van der Waals surface area (Å²) in [5, 5.41) is 0. The van der Waals surface area contributed by atoms with Gasteiger partial charge in [0.1, 0.15) is 7.05 Å². The number of hydrogen-bond donors (Lipinski definition) is 0. The topological polar surface area (TPSA) is 17.0 Å². The molecule has 0 amide bonds. The first kappa shape index (κ1) is 12.0. The van der Waals surface area contributed by atoms with Gasteiger partial charge in [0.2, 0.25) is 5.58 Å². The standard InChI is InChI=1S/C17H18NO/c1-4-13-9-10-15-16(11-13)19-17(18(15)3)14-8-6-5-7-12(14)2/h5-11H,4H2,1-3H3/q+1. The number of oxazole rings is 1. The molecule has 3 rings (SSSR count). The molecule has 0 bridgehead atoms. The Morgan fingerprint density at radius 1 is 1.11 bits per heavy atom. The molecule has 0 unspecified atom stereocenters. The van der Waals surface area contributed by atoms with E-state index in [0.717, 1.165) is 29.0 Å². The van der Waals surface area contributed by atoms with Crippen molar-refractivity contribution in [3.63, 3.8) is 0 Å². The van der Waals surface area contributed by atoms with Crippen LogP contribution in [-0.4, -0.2) is 0 Å². The van der Waals surface area contributed by atoms with Crippen LogP contribution in [0.3, 0.4) is 0 Å². The molecule has 1 heterocycles. The number of fused-ring (bicyclic) bond motifs is 1. The predicted molar refractivity (Wildman–Crippen MR) is 76.9 cm³/mol. The van der Waals surface area contributed by atoms with Gasteiger partial charge >= 0.3 is 5.89 Å². The lowest BCUT2D eigenvalue weighted by molar-refractivity contribution is -0.637. The summed E-state index contributed by atoms with van der Waals surface area (Å²) in [6.45, 7) is 4.27. The third-order valence-corrected chi connectivity index (χ3v) is 3.68. The van der Waals surface area contributed by atoms with Crippen molar-refractivity contribution in [1.29, 1.82) is 0 Å². The lowest BCUT2D eigenvalue weighted by atomic mass is 10.1. The van der Waals surface area contributed by atoms with E-state index in [1.165, 1.54) is 11.1 Å². The van der Waals surface area contributed by atoms with E-state index < -0.39 is 0 Å². The minimum atomic E-state index is 0.918. The molecule has 19 heavy (non-hydrogen) atoms. The Hall–Kier alpha value is -2.09. The van der Waals surface area contributed by atoms with Gasteiger partial charge in [-0.2, -0.15) is 4.57 Å². The molecule has 0 radical (unpaired) electrons. The predicted octanol–water partition coefficient (Wildman–Crippen LogP) is 3.80. The molecule has 0 saturated carbocycles. The maximum Gasteiger partial charge on any atom is 0.381 e. The van der Waals surface area contributed by atoms with Crippen molar-refractivity contribution in [3.05, 3.63) is 53.6 Å². The molecule has 0 saturated heterocycles. The quantitative estimate of drug-likeness (QED) is 0.634. The molecule has 1 aromatic heterocycles. The van der Waals surface area contributed by atoms with E-state index in [1.54, 1.807) is 0 Å². The summed E-state index contributed by atoms with van der Waals surface area (Å²) < 4.78 is 8.19. The molecule has 0 fully saturated rings. The number of nitrogens with zero attached hydrogens (tertiary/aromatic N) is 1. The van der Waals surface area contributed by atoms with E-state index in [0.29, 0.717) is 0 Å². The molecule has 0 atom stereocenters. The summed E-state index contributed by atoms with van der Waals surface area (Å²) in [4.78, 5) is 0. The minimum absolute atomic E-state index is 0.918. The molecule has 0 aliphatic carbocycles. The molecule has 3 aromatic rings. The Morgan fingerprint density at radius 3 is 2.63 bits per heavy atom. The molecular formula is C17H18NO+. The van der Waals surface area contributed by atoms with E-state index >= 15 is 0 Å². The Labute approximate surface area is 113 Å². The van der Waals surface area contributed by atoms with Crippen LogP contribution in [0.1, 0.15) is 18.1 Å². The molecule has 0 spiro atoms. The van der Waals surface area contributed by atoms with E-state index in [1.807, 2.05) is 6.07 Å². The third kappa shape index (κ3) is 1.93. The van der Waals surface area contributed by atoms with Crippen LogP contribution in [0.5, 0.6) is 0 Å². The van der Waals surface area contributed by atoms with Crippen LogP contribution in [0, 0.1) is 6.92 Å². The van der Waals surface area contributed by atoms with E-state index in [4.69, 9.17) is 4.42 Å². The lowest BCUT2D eigenvalue weighted by Crippen LogP contribution is -2.28. The highest BCUT2D eigenvalue weighted by Crippen LogP contribution is 2.25. The first-order valence-electron chi connectivity index (χ1n) is 6.68. The summed E-state index contributed by atoms with van der Waals surface area (Å²) in [6.07, 6.45) is 1.03. The van der Waals surface area contributed by atoms with Crippen molar-refractivity contribution in [2.24, 2.45) is 7.05 Å². The zero-order chi connectivity index (χ0) is 13.4. The van der Waals surface area contributed by atoms with E-state index in [-0.39, 0.29) is 0 Å². The number of rotatable bonds is 2. The monoisotopic (exact) mass is 252 g/mol. The van der Waals surface area contributed by atoms with Crippen molar-refractivity contribution in [1.82, 2.24) is 0 Å². The van der Waals surface area contributed by atoms with Gasteiger partial charge in [0.05, 0.1) is 5.56 Å². The van der Waals surface area contributed by atoms with Gasteiger partial charge in [-0.15, -0.1) is 0 Å². The van der Waals surface area contributed by atoms with Crippen molar-refractivity contribution < 1.29 is 8.98 Å². The zero-order valence-electron chi connectivity index (χ0n) is 11.6. The molecule has 2 heteroatoms. The second kappa shape index (κ2) is 4.54. The fourth-order valence-corrected chi connectivity index (χ4v) is 2.47. The summed E-state index contributed by atoms with van der Waals surface area (Å²) >= 11 is 0. The van der Waals surface area contributed by atoms with Crippen LogP contribution in [0.2, 0.25) is 0 Å². The highest BCUT2D eigenvalue weighted by atomic mass is 16.4. The van der Waals surface area contributed by atoms with Gasteiger partial charge in [-0.3, -0.25) is 0 Å². The second-order valence-electron chi connectivity index (χ2n) is 4.94. The number of hydrogen-bond acceptors (Lipinski definition) is 1. The fourth-order valence-electron chi connectivity index (χ4n) is 2.47. The Kier molecular flexibility index (Phi) is 2.86. The molecular weight excluding hydrogens is 234 g/mol. The molecule has 2 aromatic carbocycles. The van der Waals surface area contributed by atoms with E-state index in [9.17, 15) is 0 Å². The molecule has 0 N–H and O–H groups in total. The van der Waals surface area contributed by atoms with Crippen LogP contribution in [0.4, 0.5) is 0 Å². The SMILES string of the molecule is CCc1ccc2c(c1)oc(-c1ccccc1C)[n+]2C. The average molecular weight is 252 g/mol. The van der Waals surface area contributed by atoms with Crippen molar-refractivity contribution >= 4 is 11.1 Å². The van der Waals surface area contributed by atoms with Crippen LogP contribution >= 0.6 is 0 Å². The Morgan fingerprint density at radius 2 is 1.89 bits per heavy atom. The maximum absolute atomic E-state index is 6.07. The molecule has 0 aliphatic heterocycles. The lowest BCUT2D eigenvalue weighted by Gasteiger charge is -1.97. The first-order valence-corrected chi connectivity index (χ1v) is 6.68. The Bertz CT molecular complexity index is 740. The largest absolute Gasteiger partial charge is 0.398 e. The van der Waals surface area contributed by atoms with Gasteiger partial charge in [0.15, 0.2) is 0 Å². The fraction of sp³-hybridized carbons (Fsp3) is 0.235. The number of aryl methyl sites for hydroxylation is 3. The highest BCUT2D eigenvalue weighted by Gasteiger charge is 2.22. The zero-order valence-corrected chi connectivity index (χ0v) is 11.6. The van der Waals surface area contributed by atoms with Gasteiger partial charge in [0.25, 0.3) is 5.52 Å². The molecule has 96 valence electrons. The van der Waals surface area contributed by atoms with Crippen LogP contribution in [-0.2, 0) is 13.5 Å². The smallest absolute Gasteiger partial charge is 0.381 e. The number of benzene rings is 2. The van der Waals surface area contributed by atoms with Gasteiger partial charge in [-0.25, -0.2) is 0 Å². The van der Waals surface area contributed by atoms with Gasteiger partial charge in [-0.05, 0) is 36.6 Å². The van der Waals surface area contributed by atoms with E-state index in [2.05, 4.69) is 61.9 Å². The van der Waals surface area contributed by atoms with Crippen LogP contribution in [0.25, 0.3) is 22.6 Å². The second-order valence-corrected chi connectivity index (χ2v) is 4.94. The average Bonchev–Trinajstić information content (AvgIpc) is 2.76. The summed E-state index contributed by atoms with van der Waals surface area (Å²) in [5.74, 6) is 0.918. The highest BCUT2D eigenvalue weighted by molar-refractivity contribution is 5.73. The Balaban J connectivity index is 2.25. The summed E-state index contributed by atoms with van der Waals surface area (Å²) in [6, 6.07) is 14.8. The maximum atomic E-state index is 6.07. The summed E-state index contributed by atoms with van der Waals surface area (Å²) in [5.41, 5.74) is 5.78. The van der Waals surface area contributed by atoms with Crippen molar-refractivity contribution in [3.8, 4) is 11.5 Å². The van der Waals surface area contributed by atoms with Gasteiger partial charge in [0, 0.05) is 6.07 Å². The summed E-state index contributed by atoms with van der Waals surface area (Å²) in [7, 11) is 2.05.